The minimum Gasteiger partial charge on any atom is -0.233 e. The van der Waals surface area contributed by atoms with Crippen LogP contribution in [0.1, 0.15) is 49.8 Å². The van der Waals surface area contributed by atoms with Gasteiger partial charge in [0, 0.05) is 23.4 Å². The SMILES string of the molecule is CC(C)c1cnn2ccc(C3CC3)nc12. The Morgan fingerprint density at radius 3 is 2.87 bits per heavy atom. The molecule has 15 heavy (non-hydrogen) atoms. The van der Waals surface area contributed by atoms with Crippen LogP contribution in [0.2, 0.25) is 0 Å². The van der Waals surface area contributed by atoms with E-state index in [0.29, 0.717) is 11.8 Å². The van der Waals surface area contributed by atoms with Crippen molar-refractivity contribution in [1.29, 1.82) is 0 Å². The van der Waals surface area contributed by atoms with Crippen molar-refractivity contribution < 1.29 is 0 Å². The lowest BCUT2D eigenvalue weighted by atomic mass is 10.1. The second-order valence-corrected chi connectivity index (χ2v) is 4.65. The van der Waals surface area contributed by atoms with Crippen LogP contribution in [0.3, 0.4) is 0 Å². The zero-order valence-electron chi connectivity index (χ0n) is 9.14. The van der Waals surface area contributed by atoms with Crippen LogP contribution in [0.5, 0.6) is 0 Å². The van der Waals surface area contributed by atoms with E-state index in [1.54, 1.807) is 0 Å². The lowest BCUT2D eigenvalue weighted by Gasteiger charge is -2.03. The lowest BCUT2D eigenvalue weighted by molar-refractivity contribution is 0.867. The summed E-state index contributed by atoms with van der Waals surface area (Å²) in [5.41, 5.74) is 3.52. The van der Waals surface area contributed by atoms with Crippen LogP contribution < -0.4 is 0 Å². The summed E-state index contributed by atoms with van der Waals surface area (Å²) < 4.78 is 1.88. The highest BCUT2D eigenvalue weighted by Gasteiger charge is 2.25. The lowest BCUT2D eigenvalue weighted by Crippen LogP contribution is -1.96. The molecule has 1 fully saturated rings. The fourth-order valence-corrected chi connectivity index (χ4v) is 1.91. The Morgan fingerprint density at radius 1 is 1.40 bits per heavy atom. The molecule has 0 unspecified atom stereocenters. The maximum atomic E-state index is 4.72. The molecule has 0 amide bonds. The van der Waals surface area contributed by atoms with Gasteiger partial charge in [-0.25, -0.2) is 9.50 Å². The summed E-state index contributed by atoms with van der Waals surface area (Å²) >= 11 is 0. The molecule has 0 aliphatic heterocycles. The van der Waals surface area contributed by atoms with E-state index in [4.69, 9.17) is 4.98 Å². The fraction of sp³-hybridized carbons (Fsp3) is 0.500. The van der Waals surface area contributed by atoms with Crippen molar-refractivity contribution in [1.82, 2.24) is 14.6 Å². The molecule has 3 nitrogen and oxygen atoms in total. The van der Waals surface area contributed by atoms with E-state index in [9.17, 15) is 0 Å². The van der Waals surface area contributed by atoms with Gasteiger partial charge in [-0.3, -0.25) is 0 Å². The number of aromatic nitrogens is 3. The summed E-state index contributed by atoms with van der Waals surface area (Å²) in [6, 6.07) is 2.10. The second-order valence-electron chi connectivity index (χ2n) is 4.65. The molecule has 1 aliphatic rings. The Labute approximate surface area is 89.1 Å². The van der Waals surface area contributed by atoms with E-state index >= 15 is 0 Å². The number of hydrogen-bond donors (Lipinski definition) is 0. The van der Waals surface area contributed by atoms with E-state index < -0.39 is 0 Å². The molecule has 2 aromatic heterocycles. The molecule has 2 aromatic rings. The Morgan fingerprint density at radius 2 is 2.20 bits per heavy atom. The van der Waals surface area contributed by atoms with Crippen LogP contribution >= 0.6 is 0 Å². The van der Waals surface area contributed by atoms with Gasteiger partial charge in [-0.1, -0.05) is 13.8 Å². The Kier molecular flexibility index (Phi) is 1.81. The van der Waals surface area contributed by atoms with E-state index in [1.165, 1.54) is 24.1 Å². The van der Waals surface area contributed by atoms with Crippen molar-refractivity contribution in [2.45, 2.75) is 38.5 Å². The van der Waals surface area contributed by atoms with Crippen molar-refractivity contribution in [2.75, 3.05) is 0 Å². The molecule has 2 heterocycles. The summed E-state index contributed by atoms with van der Waals surface area (Å²) in [5, 5.41) is 4.31. The van der Waals surface area contributed by atoms with Gasteiger partial charge in [0.1, 0.15) is 0 Å². The Bertz CT molecular complexity index is 495. The molecule has 78 valence electrons. The highest BCUT2D eigenvalue weighted by Crippen LogP contribution is 2.39. The Balaban J connectivity index is 2.17. The third-order valence-electron chi connectivity index (χ3n) is 3.04. The highest BCUT2D eigenvalue weighted by molar-refractivity contribution is 5.48. The van der Waals surface area contributed by atoms with Gasteiger partial charge in [0.2, 0.25) is 0 Å². The highest BCUT2D eigenvalue weighted by atomic mass is 15.2. The zero-order valence-corrected chi connectivity index (χ0v) is 9.14. The van der Waals surface area contributed by atoms with Crippen LogP contribution in [-0.4, -0.2) is 14.6 Å². The van der Waals surface area contributed by atoms with Crippen LogP contribution in [0.15, 0.2) is 18.5 Å². The Hall–Kier alpha value is -1.38. The van der Waals surface area contributed by atoms with Crippen molar-refractivity contribution in [2.24, 2.45) is 0 Å². The predicted molar refractivity (Wildman–Crippen MR) is 59.1 cm³/mol. The number of nitrogens with zero attached hydrogens (tertiary/aromatic N) is 3. The smallest absolute Gasteiger partial charge is 0.158 e. The van der Waals surface area contributed by atoms with E-state index in [0.717, 1.165) is 5.65 Å². The second kappa shape index (κ2) is 3.05. The topological polar surface area (TPSA) is 30.2 Å². The first-order chi connectivity index (χ1) is 7.25. The van der Waals surface area contributed by atoms with Crippen LogP contribution in [0, 0.1) is 0 Å². The van der Waals surface area contributed by atoms with Gasteiger partial charge in [-0.05, 0) is 24.8 Å². The zero-order chi connectivity index (χ0) is 10.4. The van der Waals surface area contributed by atoms with Crippen LogP contribution in [0.4, 0.5) is 0 Å². The van der Waals surface area contributed by atoms with E-state index in [2.05, 4.69) is 25.0 Å². The first-order valence-electron chi connectivity index (χ1n) is 5.60. The van der Waals surface area contributed by atoms with Crippen molar-refractivity contribution in [3.05, 3.63) is 29.7 Å². The molecule has 1 aliphatic carbocycles. The van der Waals surface area contributed by atoms with E-state index in [-0.39, 0.29) is 0 Å². The maximum Gasteiger partial charge on any atom is 0.158 e. The molecule has 1 saturated carbocycles. The molecule has 0 bridgehead atoms. The molecule has 3 rings (SSSR count). The molecule has 0 radical (unpaired) electrons. The molecule has 0 spiro atoms. The normalized spacial score (nSPS) is 16.5. The molecule has 0 atom stereocenters. The summed E-state index contributed by atoms with van der Waals surface area (Å²) in [4.78, 5) is 4.72. The molecule has 0 N–H and O–H groups in total. The van der Waals surface area contributed by atoms with Gasteiger partial charge in [0.15, 0.2) is 5.65 Å². The summed E-state index contributed by atoms with van der Waals surface area (Å²) in [6.45, 7) is 4.37. The van der Waals surface area contributed by atoms with Crippen LogP contribution in [-0.2, 0) is 0 Å². The van der Waals surface area contributed by atoms with Gasteiger partial charge in [-0.15, -0.1) is 0 Å². The van der Waals surface area contributed by atoms with Gasteiger partial charge in [0.05, 0.1) is 6.20 Å². The molecular weight excluding hydrogens is 186 g/mol. The number of rotatable bonds is 2. The number of hydrogen-bond acceptors (Lipinski definition) is 2. The third kappa shape index (κ3) is 1.42. The average molecular weight is 201 g/mol. The van der Waals surface area contributed by atoms with Crippen LogP contribution in [0.25, 0.3) is 5.65 Å². The molecule has 3 heteroatoms. The van der Waals surface area contributed by atoms with Crippen molar-refractivity contribution >= 4 is 5.65 Å². The van der Waals surface area contributed by atoms with Crippen molar-refractivity contribution in [3.63, 3.8) is 0 Å². The molecule has 0 saturated heterocycles. The predicted octanol–water partition coefficient (Wildman–Crippen LogP) is 2.73. The first kappa shape index (κ1) is 8.89. The van der Waals surface area contributed by atoms with Gasteiger partial charge in [-0.2, -0.15) is 5.10 Å². The first-order valence-corrected chi connectivity index (χ1v) is 5.60. The van der Waals surface area contributed by atoms with Gasteiger partial charge >= 0.3 is 0 Å². The van der Waals surface area contributed by atoms with Crippen molar-refractivity contribution in [3.8, 4) is 0 Å². The maximum absolute atomic E-state index is 4.72. The monoisotopic (exact) mass is 201 g/mol. The minimum absolute atomic E-state index is 0.490. The third-order valence-corrected chi connectivity index (χ3v) is 3.04. The standard InChI is InChI=1S/C12H15N3/c1-8(2)10-7-13-15-6-5-11(9-3-4-9)14-12(10)15/h5-9H,3-4H2,1-2H3. The quantitative estimate of drug-likeness (QED) is 0.747. The number of fused-ring (bicyclic) bond motifs is 1. The largest absolute Gasteiger partial charge is 0.233 e. The summed E-state index contributed by atoms with van der Waals surface area (Å²) in [6.07, 6.45) is 6.56. The minimum atomic E-state index is 0.490. The van der Waals surface area contributed by atoms with Gasteiger partial charge < -0.3 is 0 Å². The van der Waals surface area contributed by atoms with Gasteiger partial charge in [0.25, 0.3) is 0 Å². The molecule has 0 aromatic carbocycles. The summed E-state index contributed by atoms with van der Waals surface area (Å²) in [7, 11) is 0. The molecular formula is C12H15N3. The fourth-order valence-electron chi connectivity index (χ4n) is 1.91. The summed E-state index contributed by atoms with van der Waals surface area (Å²) in [5.74, 6) is 1.20. The average Bonchev–Trinajstić information content (AvgIpc) is 2.97. The van der Waals surface area contributed by atoms with E-state index in [1.807, 2.05) is 16.9 Å².